The van der Waals surface area contributed by atoms with E-state index in [1.165, 1.54) is 32.7 Å². The lowest BCUT2D eigenvalue weighted by Crippen LogP contribution is -2.63. The molecule has 4 heterocycles. The van der Waals surface area contributed by atoms with Crippen molar-refractivity contribution in [2.45, 2.75) is 87.7 Å². The smallest absolute Gasteiger partial charge is 0.475 e. The molecule has 0 bridgehead atoms. The zero-order valence-electron chi connectivity index (χ0n) is 37.2. The van der Waals surface area contributed by atoms with E-state index < -0.39 is 133 Å². The number of carbonyl (C=O) groups is 4. The van der Waals surface area contributed by atoms with Crippen molar-refractivity contribution < 1.29 is 123 Å². The highest BCUT2D eigenvalue weighted by atomic mass is 32.2. The van der Waals surface area contributed by atoms with Crippen molar-refractivity contribution in [1.82, 2.24) is 35.5 Å². The normalized spacial score (nSPS) is 26.0. The number of phosphoric acid groups is 3. The highest BCUT2D eigenvalue weighted by Gasteiger charge is 2.50. The van der Waals surface area contributed by atoms with Crippen molar-refractivity contribution in [3.8, 4) is 0 Å². The lowest BCUT2D eigenvalue weighted by Gasteiger charge is -2.40. The molecular weight excluding hydrogens is 1060 g/mol. The van der Waals surface area contributed by atoms with Crippen LogP contribution in [0.2, 0.25) is 0 Å². The highest BCUT2D eigenvalue weighted by molar-refractivity contribution is 7.99. The molecule has 3 amide bonds. The minimum Gasteiger partial charge on any atom is -0.475 e. The summed E-state index contributed by atoms with van der Waals surface area (Å²) in [6.07, 6.45) is -16.8. The van der Waals surface area contributed by atoms with E-state index in [1.807, 2.05) is 0 Å². The van der Waals surface area contributed by atoms with Crippen LogP contribution in [0.25, 0.3) is 11.2 Å². The number of nitrogens with zero attached hydrogens (tertiary/aromatic N) is 4. The fourth-order valence-electron chi connectivity index (χ4n) is 5.97. The number of halogens is 3. The van der Waals surface area contributed by atoms with Gasteiger partial charge in [-0.3, -0.25) is 32.5 Å². The van der Waals surface area contributed by atoms with Crippen LogP contribution < -0.4 is 27.4 Å². The Morgan fingerprint density at radius 1 is 0.915 bits per heavy atom. The van der Waals surface area contributed by atoms with Gasteiger partial charge in [-0.2, -0.15) is 29.2 Å². The van der Waals surface area contributed by atoms with Gasteiger partial charge in [-0.1, -0.05) is 13.8 Å². The number of carboxylic acid groups (broad SMARTS) is 1. The number of hydrogen-bond acceptors (Lipinski definition) is 24. The number of amides is 3. The minimum absolute atomic E-state index is 0.00473. The van der Waals surface area contributed by atoms with Crippen molar-refractivity contribution in [3.05, 3.63) is 12.7 Å². The van der Waals surface area contributed by atoms with Crippen LogP contribution in [0.15, 0.2) is 12.7 Å². The maximum Gasteiger partial charge on any atom is 0.490 e. The number of phosphoric ester groups is 3. The van der Waals surface area contributed by atoms with E-state index in [2.05, 4.69) is 39.7 Å². The molecule has 0 spiro atoms. The van der Waals surface area contributed by atoms with Gasteiger partial charge in [-0.25, -0.2) is 33.4 Å². The summed E-state index contributed by atoms with van der Waals surface area (Å²) in [6.45, 7) is 0.167. The second kappa shape index (κ2) is 26.1. The molecule has 12 atom stereocenters. The number of aliphatic hydroxyl groups is 4. The van der Waals surface area contributed by atoms with E-state index >= 15 is 0 Å². The Balaban J connectivity index is 0.00000176. The number of ether oxygens (including phenoxy) is 3. The molecule has 16 N–H and O–H groups in total. The Hall–Kier alpha value is -3.58. The molecule has 2 fully saturated rings. The lowest BCUT2D eigenvalue weighted by atomic mass is 9.87. The van der Waals surface area contributed by atoms with Crippen LogP contribution in [0, 0.1) is 5.41 Å². The van der Waals surface area contributed by atoms with E-state index in [0.29, 0.717) is 5.75 Å². The third-order valence-corrected chi connectivity index (χ3v) is 13.7. The van der Waals surface area contributed by atoms with Gasteiger partial charge < -0.3 is 86.7 Å². The lowest BCUT2D eigenvalue weighted by molar-refractivity contribution is -0.249. The largest absolute Gasteiger partial charge is 0.490 e. The Morgan fingerprint density at radius 3 is 2.15 bits per heavy atom. The molecule has 0 aliphatic carbocycles. The van der Waals surface area contributed by atoms with Crippen LogP contribution >= 0.6 is 35.2 Å². The molecule has 2 aromatic rings. The van der Waals surface area contributed by atoms with Gasteiger partial charge in [0.05, 0.1) is 31.3 Å². The molecule has 32 nitrogen and oxygen atoms in total. The molecule has 71 heavy (non-hydrogen) atoms. The molecule has 2 aliphatic heterocycles. The summed E-state index contributed by atoms with van der Waals surface area (Å²) in [5, 5.41) is 56.3. The van der Waals surface area contributed by atoms with Gasteiger partial charge in [0.15, 0.2) is 24.0 Å². The number of aromatic nitrogens is 4. The molecule has 406 valence electrons. The molecule has 2 aromatic heterocycles. The Morgan fingerprint density at radius 2 is 1.55 bits per heavy atom. The summed E-state index contributed by atoms with van der Waals surface area (Å²) in [4.78, 5) is 97.0. The number of aliphatic carboxylic acids is 1. The predicted molar refractivity (Wildman–Crippen MR) is 229 cm³/mol. The number of thioether (sulfide) groups is 1. The quantitative estimate of drug-likeness (QED) is 0.0355. The number of hydrogen-bond donors (Lipinski definition) is 14. The Kier molecular flexibility index (Phi) is 22.7. The Labute approximate surface area is 402 Å². The fourth-order valence-corrected chi connectivity index (χ4v) is 9.47. The molecule has 2 saturated heterocycles. The number of carbonyl (C=O) groups excluding carboxylic acids is 3. The number of nitrogen functional groups attached to an aromatic ring is 1. The number of nitrogens with two attached hydrogens (primary N) is 2. The van der Waals surface area contributed by atoms with Crippen LogP contribution in [-0.2, 0) is 65.0 Å². The maximum absolute atomic E-state index is 12.7. The minimum atomic E-state index is -5.60. The van der Waals surface area contributed by atoms with Gasteiger partial charge in [0.2, 0.25) is 17.7 Å². The molecule has 39 heteroatoms. The van der Waals surface area contributed by atoms with Crippen LogP contribution in [0.1, 0.15) is 26.5 Å². The van der Waals surface area contributed by atoms with Crippen molar-refractivity contribution >= 4 is 75.9 Å². The Bertz CT molecular complexity index is 2280. The molecule has 0 radical (unpaired) electrons. The van der Waals surface area contributed by atoms with E-state index in [0.717, 1.165) is 17.2 Å². The molecule has 0 saturated carbocycles. The highest BCUT2D eigenvalue weighted by Crippen LogP contribution is 2.61. The monoisotopic (exact) mass is 1110 g/mol. The number of rotatable bonds is 24. The number of carboxylic acids is 1. The van der Waals surface area contributed by atoms with Gasteiger partial charge in [0, 0.05) is 44.3 Å². The first-order chi connectivity index (χ1) is 32.7. The topological polar surface area (TPSA) is 498 Å². The number of fused-ring (bicyclic) bond motifs is 1. The van der Waals surface area contributed by atoms with Crippen molar-refractivity contribution in [2.24, 2.45) is 11.1 Å². The first kappa shape index (κ1) is 61.7. The zero-order chi connectivity index (χ0) is 53.9. The van der Waals surface area contributed by atoms with Crippen LogP contribution in [0.5, 0.6) is 0 Å². The predicted octanol–water partition coefficient (Wildman–Crippen LogP) is -3.69. The molecule has 2 aliphatic rings. The first-order valence-electron chi connectivity index (χ1n) is 20.0. The maximum atomic E-state index is 12.7. The number of anilines is 1. The molecule has 0 aromatic carbocycles. The summed E-state index contributed by atoms with van der Waals surface area (Å²) in [7, 11) is -15.2. The average Bonchev–Trinajstić information content (AvgIpc) is 3.83. The van der Waals surface area contributed by atoms with Gasteiger partial charge in [-0.05, 0) is 0 Å². The second-order valence-corrected chi connectivity index (χ2v) is 20.9. The summed E-state index contributed by atoms with van der Waals surface area (Å²) in [5.74, 6) is -4.40. The van der Waals surface area contributed by atoms with Gasteiger partial charge >= 0.3 is 35.6 Å². The average molecular weight is 1110 g/mol. The molecular formula is C32H53F3N9O23P3S. The van der Waals surface area contributed by atoms with Gasteiger partial charge in [0.1, 0.15) is 54.6 Å². The van der Waals surface area contributed by atoms with E-state index in [1.54, 1.807) is 0 Å². The number of alkyl halides is 3. The fraction of sp³-hybridized carbons (Fsp3) is 0.719. The van der Waals surface area contributed by atoms with Crippen LogP contribution in [0.4, 0.5) is 19.0 Å². The standard InChI is InChI=1S/C30H52N9O21P3S.C2HF3O2/c1-30(2,24(45)27(46)34-5-4-16(40)33-6-7-64-10-17(41)35-8-14-20(42)21(43)18(31)29(54-3)58-14)11-56-63(52,53)60-62(50,51)55-9-15-23(59-61(47,48)49)22(44)28(57-15)39-13-38-19-25(32)36-12-37-26(19)39;3-2(4,5)1(6)7/h12-15,18,20-24,28-29,42-45H,4-11,31H2,1-3H3,(H,33,40)(H,34,46)(H,35,41)(H,50,51)(H,52,53)(H2,32,36,37)(H2,47,48,49);(H,6,7)/t14-,15-,18-,20-,21-,22-,23-,24+,28-,29+;/m1./s1. The number of aliphatic hydroxyl groups excluding tert-OH is 4. The first-order valence-corrected chi connectivity index (χ1v) is 25.7. The summed E-state index contributed by atoms with van der Waals surface area (Å²) < 4.78 is 104. The summed E-state index contributed by atoms with van der Waals surface area (Å²) in [5.41, 5.74) is 9.94. The zero-order valence-corrected chi connectivity index (χ0v) is 40.7. The van der Waals surface area contributed by atoms with Gasteiger partial charge in [0.25, 0.3) is 0 Å². The van der Waals surface area contributed by atoms with E-state index in [4.69, 9.17) is 44.6 Å². The van der Waals surface area contributed by atoms with Crippen molar-refractivity contribution in [1.29, 1.82) is 0 Å². The van der Waals surface area contributed by atoms with Gasteiger partial charge in [-0.15, -0.1) is 0 Å². The summed E-state index contributed by atoms with van der Waals surface area (Å²) >= 11 is 1.18. The second-order valence-electron chi connectivity index (χ2n) is 15.6. The van der Waals surface area contributed by atoms with Crippen molar-refractivity contribution in [3.63, 3.8) is 0 Å². The number of nitrogens with one attached hydrogen (secondary N) is 3. The molecule has 2 unspecified atom stereocenters. The van der Waals surface area contributed by atoms with Crippen molar-refractivity contribution in [2.75, 3.05) is 57.2 Å². The van der Waals surface area contributed by atoms with Crippen LogP contribution in [-0.4, -0.2) is 201 Å². The van der Waals surface area contributed by atoms with E-state index in [-0.39, 0.29) is 48.8 Å². The number of methoxy groups -OCH3 is 1. The van der Waals surface area contributed by atoms with Crippen LogP contribution in [0.3, 0.4) is 0 Å². The SMILES string of the molecule is CO[C@H]1O[C@H](CNC(=O)CSCCNC(=O)CCNC(=O)[C@H](O)C(C)(C)COP(=O)(O)OP(=O)(O)OC[C@H]2O[C@@H](n3cnc4c(N)ncnc43)[C@H](O)[C@@H]2OP(=O)(O)O)[C@@H](O)[C@H](O)[C@H]1N.O=C(O)C(F)(F)F. The number of imidazole rings is 1. The molecule has 4 rings (SSSR count). The third-order valence-electron chi connectivity index (χ3n) is 9.60. The third kappa shape index (κ3) is 19.0. The summed E-state index contributed by atoms with van der Waals surface area (Å²) in [6, 6.07) is -0.975. The van der Waals surface area contributed by atoms with E-state index in [9.17, 15) is 81.2 Å².